The van der Waals surface area contributed by atoms with E-state index in [1.807, 2.05) is 0 Å². The number of hydrogen-bond acceptors (Lipinski definition) is 3. The van der Waals surface area contributed by atoms with E-state index in [0.717, 1.165) is 0 Å². The second-order valence-electron chi connectivity index (χ2n) is 4.42. The quantitative estimate of drug-likeness (QED) is 0.835. The highest BCUT2D eigenvalue weighted by molar-refractivity contribution is 5.75. The molecule has 0 aliphatic carbocycles. The third-order valence-corrected chi connectivity index (χ3v) is 2.91. The molecule has 0 unspecified atom stereocenters. The largest absolute Gasteiger partial charge is 0.352 e. The number of halogens is 1. The summed E-state index contributed by atoms with van der Waals surface area (Å²) in [6.45, 7) is 0.227. The van der Waals surface area contributed by atoms with Crippen LogP contribution in [-0.2, 0) is 17.9 Å². The highest BCUT2D eigenvalue weighted by Crippen LogP contribution is 2.05. The Bertz CT molecular complexity index is 751. The molecule has 0 bridgehead atoms. The normalized spacial score (nSPS) is 10.3. The van der Waals surface area contributed by atoms with E-state index in [4.69, 9.17) is 0 Å². The van der Waals surface area contributed by atoms with Crippen molar-refractivity contribution in [3.05, 3.63) is 68.7 Å². The van der Waals surface area contributed by atoms with Crippen LogP contribution in [0.2, 0.25) is 0 Å². The molecule has 21 heavy (non-hydrogen) atoms. The van der Waals surface area contributed by atoms with Gasteiger partial charge in [0, 0.05) is 37.3 Å². The molecule has 2 N–H and O–H groups in total. The molecule has 0 radical (unpaired) electrons. The molecule has 7 heteroatoms. The van der Waals surface area contributed by atoms with Crippen LogP contribution in [0, 0.1) is 5.82 Å². The molecule has 110 valence electrons. The fraction of sp³-hybridized carbons (Fsp3) is 0.214. The van der Waals surface area contributed by atoms with Crippen LogP contribution in [0.25, 0.3) is 0 Å². The van der Waals surface area contributed by atoms with Gasteiger partial charge in [-0.25, -0.2) is 9.18 Å². The van der Waals surface area contributed by atoms with Crippen molar-refractivity contribution in [3.8, 4) is 0 Å². The van der Waals surface area contributed by atoms with Gasteiger partial charge in [0.2, 0.25) is 5.91 Å². The average Bonchev–Trinajstić information content (AvgIpc) is 2.45. The lowest BCUT2D eigenvalue weighted by molar-refractivity contribution is -0.121. The first-order valence-corrected chi connectivity index (χ1v) is 6.36. The number of aromatic nitrogens is 2. The fourth-order valence-corrected chi connectivity index (χ4v) is 1.77. The van der Waals surface area contributed by atoms with Gasteiger partial charge in [-0.1, -0.05) is 18.2 Å². The number of benzene rings is 1. The Morgan fingerprint density at radius 3 is 2.71 bits per heavy atom. The number of aromatic amines is 1. The minimum absolute atomic E-state index is 0.0560. The minimum atomic E-state index is -0.565. The Morgan fingerprint density at radius 1 is 1.24 bits per heavy atom. The van der Waals surface area contributed by atoms with E-state index in [2.05, 4.69) is 10.3 Å². The molecule has 1 heterocycles. The van der Waals surface area contributed by atoms with Gasteiger partial charge in [-0.05, 0) is 6.07 Å². The van der Waals surface area contributed by atoms with Gasteiger partial charge in [-0.15, -0.1) is 0 Å². The molecular formula is C14H14FN3O3. The average molecular weight is 291 g/mol. The van der Waals surface area contributed by atoms with Crippen molar-refractivity contribution in [1.82, 2.24) is 14.9 Å². The van der Waals surface area contributed by atoms with Gasteiger partial charge in [-0.2, -0.15) is 0 Å². The summed E-state index contributed by atoms with van der Waals surface area (Å²) >= 11 is 0. The standard InChI is InChI=1S/C14H14FN3O3/c15-11-4-2-1-3-10(11)9-16-12(19)5-7-18-8-6-13(20)17-14(18)21/h1-4,6,8H,5,7,9H2,(H,16,19)(H,17,20,21). The summed E-state index contributed by atoms with van der Waals surface area (Å²) in [7, 11) is 0. The van der Waals surface area contributed by atoms with Gasteiger partial charge in [-0.3, -0.25) is 14.6 Å². The maximum absolute atomic E-state index is 13.4. The summed E-state index contributed by atoms with van der Waals surface area (Å²) in [5.74, 6) is -0.689. The van der Waals surface area contributed by atoms with Gasteiger partial charge in [0.25, 0.3) is 5.56 Å². The van der Waals surface area contributed by atoms with Crippen LogP contribution in [-0.4, -0.2) is 15.5 Å². The molecule has 0 spiro atoms. The van der Waals surface area contributed by atoms with E-state index in [0.29, 0.717) is 5.56 Å². The Morgan fingerprint density at radius 2 is 2.00 bits per heavy atom. The summed E-state index contributed by atoms with van der Waals surface area (Å²) in [6.07, 6.45) is 1.38. The lowest BCUT2D eigenvalue weighted by Crippen LogP contribution is -2.31. The number of H-pyrrole nitrogens is 1. The van der Waals surface area contributed by atoms with Crippen molar-refractivity contribution >= 4 is 5.91 Å². The van der Waals surface area contributed by atoms with Gasteiger partial charge in [0.05, 0.1) is 0 Å². The predicted octanol–water partition coefficient (Wildman–Crippen LogP) is 0.382. The number of amides is 1. The van der Waals surface area contributed by atoms with Crippen LogP contribution >= 0.6 is 0 Å². The Labute approximate surface area is 119 Å². The first-order chi connectivity index (χ1) is 10.1. The van der Waals surface area contributed by atoms with Crippen molar-refractivity contribution < 1.29 is 9.18 Å². The molecule has 0 atom stereocenters. The number of hydrogen-bond donors (Lipinski definition) is 2. The lowest BCUT2D eigenvalue weighted by atomic mass is 10.2. The molecule has 1 amide bonds. The molecule has 1 aromatic heterocycles. The molecule has 0 aliphatic heterocycles. The van der Waals surface area contributed by atoms with Gasteiger partial charge >= 0.3 is 5.69 Å². The SMILES string of the molecule is O=C(CCn1ccc(=O)[nH]c1=O)NCc1ccccc1F. The second kappa shape index (κ2) is 6.65. The molecule has 6 nitrogen and oxygen atoms in total. The molecule has 0 aliphatic rings. The number of carbonyl (C=O) groups excluding carboxylic acids is 1. The van der Waals surface area contributed by atoms with E-state index in [1.165, 1.54) is 22.9 Å². The van der Waals surface area contributed by atoms with Crippen LogP contribution in [0.4, 0.5) is 4.39 Å². The van der Waals surface area contributed by atoms with Crippen molar-refractivity contribution in [2.75, 3.05) is 0 Å². The van der Waals surface area contributed by atoms with Crippen LogP contribution in [0.3, 0.4) is 0 Å². The van der Waals surface area contributed by atoms with Crippen molar-refractivity contribution in [3.63, 3.8) is 0 Å². The van der Waals surface area contributed by atoms with E-state index >= 15 is 0 Å². The Balaban J connectivity index is 1.87. The summed E-state index contributed by atoms with van der Waals surface area (Å²) in [4.78, 5) is 36.0. The molecule has 0 saturated heterocycles. The van der Waals surface area contributed by atoms with Gasteiger partial charge < -0.3 is 9.88 Å². The minimum Gasteiger partial charge on any atom is -0.352 e. The third kappa shape index (κ3) is 4.13. The Hall–Kier alpha value is -2.70. The zero-order valence-electron chi connectivity index (χ0n) is 11.1. The zero-order chi connectivity index (χ0) is 15.2. The van der Waals surface area contributed by atoms with Crippen molar-refractivity contribution in [1.29, 1.82) is 0 Å². The summed E-state index contributed by atoms with van der Waals surface area (Å²) in [5.41, 5.74) is -0.656. The maximum atomic E-state index is 13.4. The predicted molar refractivity (Wildman–Crippen MR) is 74.2 cm³/mol. The number of aryl methyl sites for hydroxylation is 1. The van der Waals surface area contributed by atoms with Crippen molar-refractivity contribution in [2.45, 2.75) is 19.5 Å². The summed E-state index contributed by atoms with van der Waals surface area (Å²) < 4.78 is 14.6. The van der Waals surface area contributed by atoms with Crippen molar-refractivity contribution in [2.24, 2.45) is 0 Å². The zero-order valence-corrected chi connectivity index (χ0v) is 11.1. The lowest BCUT2D eigenvalue weighted by Gasteiger charge is -2.07. The summed E-state index contributed by atoms with van der Waals surface area (Å²) in [5, 5.41) is 2.57. The van der Waals surface area contributed by atoms with E-state index in [9.17, 15) is 18.8 Å². The van der Waals surface area contributed by atoms with Crippen LogP contribution in [0.1, 0.15) is 12.0 Å². The molecule has 0 fully saturated rings. The van der Waals surface area contributed by atoms with Crippen LogP contribution in [0.15, 0.2) is 46.1 Å². The highest BCUT2D eigenvalue weighted by atomic mass is 19.1. The second-order valence-corrected chi connectivity index (χ2v) is 4.42. The molecular weight excluding hydrogens is 277 g/mol. The molecule has 2 rings (SSSR count). The third-order valence-electron chi connectivity index (χ3n) is 2.91. The Kier molecular flexibility index (Phi) is 4.65. The fourth-order valence-electron chi connectivity index (χ4n) is 1.77. The monoisotopic (exact) mass is 291 g/mol. The van der Waals surface area contributed by atoms with Gasteiger partial charge in [0.15, 0.2) is 0 Å². The molecule has 2 aromatic rings. The first-order valence-electron chi connectivity index (χ1n) is 6.36. The molecule has 0 saturated carbocycles. The topological polar surface area (TPSA) is 84.0 Å². The number of nitrogens with zero attached hydrogens (tertiary/aromatic N) is 1. The van der Waals surface area contributed by atoms with Crippen LogP contribution < -0.4 is 16.6 Å². The van der Waals surface area contributed by atoms with Crippen LogP contribution in [0.5, 0.6) is 0 Å². The molecule has 1 aromatic carbocycles. The smallest absolute Gasteiger partial charge is 0.328 e. The van der Waals surface area contributed by atoms with Gasteiger partial charge in [0.1, 0.15) is 5.82 Å². The van der Waals surface area contributed by atoms with E-state index < -0.39 is 11.2 Å². The van der Waals surface area contributed by atoms with E-state index in [-0.39, 0.29) is 31.2 Å². The highest BCUT2D eigenvalue weighted by Gasteiger charge is 2.05. The van der Waals surface area contributed by atoms with E-state index in [1.54, 1.807) is 18.2 Å². The number of nitrogens with one attached hydrogen (secondary N) is 2. The first kappa shape index (κ1) is 14.7. The number of carbonyl (C=O) groups is 1. The summed E-state index contributed by atoms with van der Waals surface area (Å²) in [6, 6.07) is 7.37. The number of rotatable bonds is 5. The maximum Gasteiger partial charge on any atom is 0.328 e.